The molecule has 0 saturated carbocycles. The molecule has 1 heterocycles. The molecule has 0 bridgehead atoms. The van der Waals surface area contributed by atoms with Crippen LogP contribution >= 0.6 is 22.6 Å². The van der Waals surface area contributed by atoms with Gasteiger partial charge in [0.25, 0.3) is 5.91 Å². The number of carbonyl (C=O) groups excluding carboxylic acids is 1. The number of H-pyrrole nitrogens is 1. The molecule has 0 saturated heterocycles. The van der Waals surface area contributed by atoms with Gasteiger partial charge in [-0.1, -0.05) is 18.2 Å². The van der Waals surface area contributed by atoms with Gasteiger partial charge in [-0.3, -0.25) is 4.79 Å². The van der Waals surface area contributed by atoms with Gasteiger partial charge in [0.15, 0.2) is 5.95 Å². The molecular weight excluding hydrogens is 391 g/mol. The van der Waals surface area contributed by atoms with Crippen LogP contribution in [-0.4, -0.2) is 15.9 Å². The van der Waals surface area contributed by atoms with Crippen molar-refractivity contribution < 1.29 is 4.79 Å². The summed E-state index contributed by atoms with van der Waals surface area (Å²) < 4.78 is 1.03. The zero-order valence-corrected chi connectivity index (χ0v) is 13.7. The lowest BCUT2D eigenvalue weighted by molar-refractivity contribution is 0.102. The summed E-state index contributed by atoms with van der Waals surface area (Å²) in [6, 6.07) is 14.9. The Balaban J connectivity index is 1.75. The average Bonchev–Trinajstić information content (AvgIpc) is 2.94. The number of amides is 1. The first-order chi connectivity index (χ1) is 10.6. The zero-order chi connectivity index (χ0) is 15.5. The molecule has 0 unspecified atom stereocenters. The van der Waals surface area contributed by atoms with E-state index >= 15 is 0 Å². The van der Waals surface area contributed by atoms with Gasteiger partial charge in [-0.25, -0.2) is 4.98 Å². The van der Waals surface area contributed by atoms with Gasteiger partial charge >= 0.3 is 0 Å². The Morgan fingerprint density at radius 3 is 2.59 bits per heavy atom. The molecule has 1 amide bonds. The zero-order valence-electron chi connectivity index (χ0n) is 11.5. The number of hydrogen-bond donors (Lipinski definition) is 3. The number of anilines is 2. The number of aromatic amines is 1. The lowest BCUT2D eigenvalue weighted by Gasteiger charge is -2.06. The molecule has 4 N–H and O–H groups in total. The molecule has 0 atom stereocenters. The van der Waals surface area contributed by atoms with Crippen LogP contribution in [-0.2, 0) is 0 Å². The van der Waals surface area contributed by atoms with Crippen molar-refractivity contribution in [2.45, 2.75) is 0 Å². The minimum Gasteiger partial charge on any atom is -0.369 e. The number of benzene rings is 2. The molecule has 110 valence electrons. The molecule has 0 aliphatic heterocycles. The van der Waals surface area contributed by atoms with Gasteiger partial charge in [0.1, 0.15) is 0 Å². The van der Waals surface area contributed by atoms with Crippen LogP contribution in [0.3, 0.4) is 0 Å². The topological polar surface area (TPSA) is 83.8 Å². The Hall–Kier alpha value is -2.35. The number of imidazole rings is 1. The molecule has 3 rings (SSSR count). The summed E-state index contributed by atoms with van der Waals surface area (Å²) >= 11 is 2.18. The standard InChI is InChI=1S/C16H13IN4O/c17-12-3-1-2-11(8-12)15(22)20-13-6-4-10(5-7-13)14-9-19-16(18)21-14/h1-9H,(H,20,22)(H3,18,19,21). The van der Waals surface area contributed by atoms with Gasteiger partial charge in [-0.15, -0.1) is 0 Å². The van der Waals surface area contributed by atoms with E-state index in [-0.39, 0.29) is 5.91 Å². The first-order valence-corrected chi connectivity index (χ1v) is 7.67. The van der Waals surface area contributed by atoms with Crippen molar-refractivity contribution in [2.24, 2.45) is 0 Å². The summed E-state index contributed by atoms with van der Waals surface area (Å²) in [7, 11) is 0. The fraction of sp³-hybridized carbons (Fsp3) is 0. The molecular formula is C16H13IN4O. The quantitative estimate of drug-likeness (QED) is 0.585. The van der Waals surface area contributed by atoms with Gasteiger partial charge < -0.3 is 16.0 Å². The van der Waals surface area contributed by atoms with Crippen molar-refractivity contribution in [2.75, 3.05) is 11.1 Å². The molecule has 0 aliphatic rings. The predicted octanol–water partition coefficient (Wildman–Crippen LogP) is 3.52. The second-order valence-electron chi connectivity index (χ2n) is 4.72. The average molecular weight is 404 g/mol. The Bertz CT molecular complexity index is 811. The minimum atomic E-state index is -0.128. The number of nitrogen functional groups attached to an aromatic ring is 1. The monoisotopic (exact) mass is 404 g/mol. The highest BCUT2D eigenvalue weighted by molar-refractivity contribution is 14.1. The summed E-state index contributed by atoms with van der Waals surface area (Å²) in [4.78, 5) is 19.1. The van der Waals surface area contributed by atoms with Crippen LogP contribution in [0.5, 0.6) is 0 Å². The Morgan fingerprint density at radius 2 is 1.95 bits per heavy atom. The maximum absolute atomic E-state index is 12.2. The van der Waals surface area contributed by atoms with Gasteiger partial charge in [-0.2, -0.15) is 0 Å². The van der Waals surface area contributed by atoms with E-state index in [4.69, 9.17) is 5.73 Å². The SMILES string of the molecule is Nc1ncc(-c2ccc(NC(=O)c3cccc(I)c3)cc2)[nH]1. The van der Waals surface area contributed by atoms with Gasteiger partial charge in [0, 0.05) is 14.8 Å². The number of hydrogen-bond acceptors (Lipinski definition) is 3. The third-order valence-electron chi connectivity index (χ3n) is 3.14. The molecule has 0 fully saturated rings. The summed E-state index contributed by atoms with van der Waals surface area (Å²) in [5.74, 6) is 0.253. The van der Waals surface area contributed by atoms with Crippen molar-refractivity contribution >= 4 is 40.1 Å². The van der Waals surface area contributed by atoms with E-state index in [1.54, 1.807) is 12.3 Å². The number of nitrogens with two attached hydrogens (primary N) is 1. The van der Waals surface area contributed by atoms with Crippen molar-refractivity contribution in [1.82, 2.24) is 9.97 Å². The Morgan fingerprint density at radius 1 is 1.18 bits per heavy atom. The van der Waals surface area contributed by atoms with E-state index in [0.29, 0.717) is 11.5 Å². The fourth-order valence-corrected chi connectivity index (χ4v) is 2.59. The van der Waals surface area contributed by atoms with Crippen LogP contribution in [0.1, 0.15) is 10.4 Å². The normalized spacial score (nSPS) is 10.4. The van der Waals surface area contributed by atoms with Crippen LogP contribution in [0.4, 0.5) is 11.6 Å². The van der Waals surface area contributed by atoms with E-state index in [2.05, 4.69) is 37.9 Å². The maximum Gasteiger partial charge on any atom is 0.255 e. The van der Waals surface area contributed by atoms with Gasteiger partial charge in [0.2, 0.25) is 0 Å². The highest BCUT2D eigenvalue weighted by Crippen LogP contribution is 2.20. The van der Waals surface area contributed by atoms with Crippen LogP contribution < -0.4 is 11.1 Å². The Labute approximate surface area is 141 Å². The molecule has 0 radical (unpaired) electrons. The van der Waals surface area contributed by atoms with Crippen molar-refractivity contribution in [3.05, 3.63) is 63.9 Å². The number of nitrogens with one attached hydrogen (secondary N) is 2. The second kappa shape index (κ2) is 6.18. The van der Waals surface area contributed by atoms with E-state index in [9.17, 15) is 4.79 Å². The second-order valence-corrected chi connectivity index (χ2v) is 5.97. The molecule has 0 spiro atoms. The molecule has 6 heteroatoms. The van der Waals surface area contributed by atoms with E-state index < -0.39 is 0 Å². The van der Waals surface area contributed by atoms with Crippen LogP contribution in [0, 0.1) is 3.57 Å². The third-order valence-corrected chi connectivity index (χ3v) is 3.81. The largest absolute Gasteiger partial charge is 0.369 e. The van der Waals surface area contributed by atoms with Crippen molar-refractivity contribution in [1.29, 1.82) is 0 Å². The van der Waals surface area contributed by atoms with Gasteiger partial charge in [0.05, 0.1) is 11.9 Å². The lowest BCUT2D eigenvalue weighted by atomic mass is 10.1. The molecule has 5 nitrogen and oxygen atoms in total. The number of rotatable bonds is 3. The Kier molecular flexibility index (Phi) is 4.10. The lowest BCUT2D eigenvalue weighted by Crippen LogP contribution is -2.11. The van der Waals surface area contributed by atoms with Crippen molar-refractivity contribution in [3.63, 3.8) is 0 Å². The van der Waals surface area contributed by atoms with Crippen LogP contribution in [0.25, 0.3) is 11.3 Å². The molecule has 2 aromatic carbocycles. The number of nitrogens with zero attached hydrogens (tertiary/aromatic N) is 1. The predicted molar refractivity (Wildman–Crippen MR) is 95.5 cm³/mol. The fourth-order valence-electron chi connectivity index (χ4n) is 2.05. The van der Waals surface area contributed by atoms with Crippen molar-refractivity contribution in [3.8, 4) is 11.3 Å². The maximum atomic E-state index is 12.2. The summed E-state index contributed by atoms with van der Waals surface area (Å²) in [6.07, 6.45) is 1.68. The van der Waals surface area contributed by atoms with E-state index in [1.165, 1.54) is 0 Å². The highest BCUT2D eigenvalue weighted by Gasteiger charge is 2.07. The summed E-state index contributed by atoms with van der Waals surface area (Å²) in [5.41, 5.74) is 8.73. The van der Waals surface area contributed by atoms with E-state index in [1.807, 2.05) is 42.5 Å². The first-order valence-electron chi connectivity index (χ1n) is 6.59. The minimum absolute atomic E-state index is 0.128. The number of carbonyl (C=O) groups is 1. The third kappa shape index (κ3) is 3.28. The molecule has 1 aromatic heterocycles. The molecule has 3 aromatic rings. The van der Waals surface area contributed by atoms with Crippen LogP contribution in [0.2, 0.25) is 0 Å². The molecule has 22 heavy (non-hydrogen) atoms. The number of halogens is 1. The summed E-state index contributed by atoms with van der Waals surface area (Å²) in [6.45, 7) is 0. The molecule has 0 aliphatic carbocycles. The number of aromatic nitrogens is 2. The van der Waals surface area contributed by atoms with Crippen LogP contribution in [0.15, 0.2) is 54.7 Å². The first kappa shape index (κ1) is 14.6. The highest BCUT2D eigenvalue weighted by atomic mass is 127. The smallest absolute Gasteiger partial charge is 0.255 e. The van der Waals surface area contributed by atoms with E-state index in [0.717, 1.165) is 20.5 Å². The van der Waals surface area contributed by atoms with Gasteiger partial charge in [-0.05, 0) is 58.5 Å². The summed E-state index contributed by atoms with van der Waals surface area (Å²) in [5, 5.41) is 2.88.